The van der Waals surface area contributed by atoms with Crippen LogP contribution in [0.15, 0.2) is 0 Å². The summed E-state index contributed by atoms with van der Waals surface area (Å²) in [5.41, 5.74) is 6.44. The van der Waals surface area contributed by atoms with Crippen molar-refractivity contribution >= 4 is 33.8 Å². The Labute approximate surface area is 117 Å². The first-order valence-electron chi connectivity index (χ1n) is 6.16. The van der Waals surface area contributed by atoms with Gasteiger partial charge in [-0.05, 0) is 6.42 Å². The highest BCUT2D eigenvalue weighted by Gasteiger charge is 2.26. The fourth-order valence-electron chi connectivity index (χ4n) is 1.76. The Bertz CT molecular complexity index is 482. The first kappa shape index (κ1) is 15.5. The third-order valence-corrected chi connectivity index (χ3v) is 4.25. The molecular formula is C13H20N2O3S. The topological polar surface area (TPSA) is 72.6 Å². The molecule has 0 aliphatic rings. The molecule has 1 aromatic heterocycles. The minimum absolute atomic E-state index is 0.136. The number of anilines is 2. The number of nitrogen functional groups attached to an aromatic ring is 1. The van der Waals surface area contributed by atoms with E-state index in [1.807, 2.05) is 11.9 Å². The van der Waals surface area contributed by atoms with Crippen LogP contribution in [0.1, 0.15) is 46.7 Å². The number of esters is 1. The fourth-order valence-corrected chi connectivity index (χ4v) is 2.85. The summed E-state index contributed by atoms with van der Waals surface area (Å²) >= 11 is 1.25. The molecule has 0 fully saturated rings. The van der Waals surface area contributed by atoms with E-state index in [0.29, 0.717) is 15.4 Å². The van der Waals surface area contributed by atoms with Crippen LogP contribution in [0.25, 0.3) is 0 Å². The number of thiophene rings is 1. The Morgan fingerprint density at radius 1 is 1.42 bits per heavy atom. The van der Waals surface area contributed by atoms with E-state index in [4.69, 9.17) is 10.5 Å². The van der Waals surface area contributed by atoms with Crippen LogP contribution >= 0.6 is 11.3 Å². The van der Waals surface area contributed by atoms with E-state index in [9.17, 15) is 9.59 Å². The number of carbonyl (C=O) groups is 2. The van der Waals surface area contributed by atoms with Crippen LogP contribution < -0.4 is 10.6 Å². The molecular weight excluding hydrogens is 264 g/mol. The largest absolute Gasteiger partial charge is 0.465 e. The third-order valence-electron chi connectivity index (χ3n) is 2.83. The summed E-state index contributed by atoms with van der Waals surface area (Å²) in [6.45, 7) is 4.34. The van der Waals surface area contributed by atoms with Crippen LogP contribution in [0.3, 0.4) is 0 Å². The number of nitrogens with two attached hydrogens (primary N) is 1. The summed E-state index contributed by atoms with van der Waals surface area (Å²) < 4.78 is 4.76. The average molecular weight is 284 g/mol. The first-order chi connectivity index (χ1) is 8.93. The van der Waals surface area contributed by atoms with Gasteiger partial charge in [-0.15, -0.1) is 11.3 Å². The molecule has 0 atom stereocenters. The maximum absolute atomic E-state index is 11.8. The van der Waals surface area contributed by atoms with Crippen LogP contribution in [0.2, 0.25) is 0 Å². The van der Waals surface area contributed by atoms with Gasteiger partial charge in [0.15, 0.2) is 5.78 Å². The van der Waals surface area contributed by atoms with Crippen molar-refractivity contribution in [3.63, 3.8) is 0 Å². The molecule has 0 amide bonds. The number of Topliss-reactive ketones (excluding diaryl/α,β-unsaturated/α-hetero) is 1. The number of hydrogen-bond donors (Lipinski definition) is 1. The molecule has 2 N–H and O–H groups in total. The Morgan fingerprint density at radius 2 is 2.05 bits per heavy atom. The Hall–Kier alpha value is -1.56. The predicted molar refractivity (Wildman–Crippen MR) is 78.3 cm³/mol. The van der Waals surface area contributed by atoms with E-state index < -0.39 is 5.97 Å². The van der Waals surface area contributed by atoms with Crippen molar-refractivity contribution in [2.24, 2.45) is 0 Å². The van der Waals surface area contributed by atoms with Gasteiger partial charge in [0.25, 0.3) is 0 Å². The number of ketones is 1. The number of rotatable bonds is 6. The third kappa shape index (κ3) is 3.26. The lowest BCUT2D eigenvalue weighted by Gasteiger charge is -2.18. The molecule has 1 heterocycles. The van der Waals surface area contributed by atoms with Gasteiger partial charge in [-0.25, -0.2) is 4.79 Å². The quantitative estimate of drug-likeness (QED) is 0.642. The molecule has 5 nitrogen and oxygen atoms in total. The summed E-state index contributed by atoms with van der Waals surface area (Å²) in [5.74, 6) is -0.637. The van der Waals surface area contributed by atoms with E-state index in [-0.39, 0.29) is 11.5 Å². The molecule has 0 saturated heterocycles. The average Bonchev–Trinajstić information content (AvgIpc) is 2.73. The molecule has 19 heavy (non-hydrogen) atoms. The maximum Gasteiger partial charge on any atom is 0.343 e. The van der Waals surface area contributed by atoms with Crippen LogP contribution in [-0.2, 0) is 4.74 Å². The number of ether oxygens (including phenoxy) is 1. The monoisotopic (exact) mass is 284 g/mol. The SMILES string of the molecule is CCCCN(C)c1sc(C(C)=O)c(N)c1C(=O)OC. The van der Waals surface area contributed by atoms with Gasteiger partial charge in [0.2, 0.25) is 0 Å². The Kier molecular flexibility index (Phi) is 5.35. The highest BCUT2D eigenvalue weighted by molar-refractivity contribution is 7.19. The van der Waals surface area contributed by atoms with Crippen LogP contribution in [0, 0.1) is 0 Å². The number of carbonyl (C=O) groups excluding carboxylic acids is 2. The van der Waals surface area contributed by atoms with Crippen molar-refractivity contribution in [2.75, 3.05) is 31.3 Å². The van der Waals surface area contributed by atoms with Crippen molar-refractivity contribution in [1.29, 1.82) is 0 Å². The first-order valence-corrected chi connectivity index (χ1v) is 6.98. The van der Waals surface area contributed by atoms with Gasteiger partial charge in [-0.2, -0.15) is 0 Å². The molecule has 1 rings (SSSR count). The number of hydrogen-bond acceptors (Lipinski definition) is 6. The lowest BCUT2D eigenvalue weighted by Crippen LogP contribution is -2.20. The van der Waals surface area contributed by atoms with Crippen molar-refractivity contribution in [2.45, 2.75) is 26.7 Å². The van der Waals surface area contributed by atoms with Gasteiger partial charge < -0.3 is 15.4 Å². The molecule has 0 saturated carbocycles. The summed E-state index contributed by atoms with van der Waals surface area (Å²) in [5, 5.41) is 0.697. The summed E-state index contributed by atoms with van der Waals surface area (Å²) in [6.07, 6.45) is 2.06. The molecule has 0 spiro atoms. The van der Waals surface area contributed by atoms with E-state index in [2.05, 4.69) is 6.92 Å². The minimum atomic E-state index is -0.500. The number of methoxy groups -OCH3 is 1. The van der Waals surface area contributed by atoms with E-state index in [0.717, 1.165) is 19.4 Å². The number of unbranched alkanes of at least 4 members (excludes halogenated alkanes) is 1. The number of nitrogens with zero attached hydrogens (tertiary/aromatic N) is 1. The molecule has 0 aliphatic heterocycles. The maximum atomic E-state index is 11.8. The van der Waals surface area contributed by atoms with E-state index in [1.165, 1.54) is 25.4 Å². The van der Waals surface area contributed by atoms with Crippen molar-refractivity contribution < 1.29 is 14.3 Å². The van der Waals surface area contributed by atoms with Crippen LogP contribution in [0.5, 0.6) is 0 Å². The van der Waals surface area contributed by atoms with Crippen molar-refractivity contribution in [3.05, 3.63) is 10.4 Å². The van der Waals surface area contributed by atoms with Gasteiger partial charge in [-0.3, -0.25) is 4.79 Å². The van der Waals surface area contributed by atoms with Gasteiger partial charge in [0.1, 0.15) is 10.6 Å². The smallest absolute Gasteiger partial charge is 0.343 e. The Balaban J connectivity index is 3.24. The van der Waals surface area contributed by atoms with Gasteiger partial charge in [0, 0.05) is 20.5 Å². The highest BCUT2D eigenvalue weighted by Crippen LogP contribution is 2.38. The zero-order valence-corrected chi connectivity index (χ0v) is 12.6. The molecule has 6 heteroatoms. The second kappa shape index (κ2) is 6.56. The molecule has 1 aromatic rings. The molecule has 0 aromatic carbocycles. The molecule has 0 bridgehead atoms. The molecule has 0 radical (unpaired) electrons. The van der Waals surface area contributed by atoms with Gasteiger partial charge >= 0.3 is 5.97 Å². The molecule has 0 aliphatic carbocycles. The van der Waals surface area contributed by atoms with Crippen LogP contribution in [0.4, 0.5) is 10.7 Å². The van der Waals surface area contributed by atoms with Crippen molar-refractivity contribution in [3.8, 4) is 0 Å². The fraction of sp³-hybridized carbons (Fsp3) is 0.538. The van der Waals surface area contributed by atoms with Gasteiger partial charge in [0.05, 0.1) is 17.7 Å². The Morgan fingerprint density at radius 3 is 2.53 bits per heavy atom. The predicted octanol–water partition coefficient (Wildman–Crippen LogP) is 2.56. The van der Waals surface area contributed by atoms with Gasteiger partial charge in [-0.1, -0.05) is 13.3 Å². The molecule has 106 valence electrons. The standard InChI is InChI=1S/C13H20N2O3S/c1-5-6-7-15(3)12-9(13(17)18-4)10(14)11(19-12)8(2)16/h5-7,14H2,1-4H3. The van der Waals surface area contributed by atoms with E-state index in [1.54, 1.807) is 0 Å². The van der Waals surface area contributed by atoms with E-state index >= 15 is 0 Å². The zero-order chi connectivity index (χ0) is 14.6. The van der Waals surface area contributed by atoms with Crippen molar-refractivity contribution in [1.82, 2.24) is 0 Å². The summed E-state index contributed by atoms with van der Waals surface area (Å²) in [6, 6.07) is 0. The lowest BCUT2D eigenvalue weighted by atomic mass is 10.2. The highest BCUT2D eigenvalue weighted by atomic mass is 32.1. The lowest BCUT2D eigenvalue weighted by molar-refractivity contribution is 0.0603. The van der Waals surface area contributed by atoms with Crippen LogP contribution in [-0.4, -0.2) is 32.5 Å². The molecule has 0 unspecified atom stereocenters. The second-order valence-electron chi connectivity index (χ2n) is 4.35. The second-order valence-corrected chi connectivity index (χ2v) is 5.35. The minimum Gasteiger partial charge on any atom is -0.465 e. The normalized spacial score (nSPS) is 10.3. The summed E-state index contributed by atoms with van der Waals surface area (Å²) in [7, 11) is 3.19. The zero-order valence-electron chi connectivity index (χ0n) is 11.8. The summed E-state index contributed by atoms with van der Waals surface area (Å²) in [4.78, 5) is 25.7.